The van der Waals surface area contributed by atoms with Gasteiger partial charge in [-0.05, 0) is 33.1 Å². The van der Waals surface area contributed by atoms with E-state index in [-0.39, 0.29) is 11.5 Å². The van der Waals surface area contributed by atoms with Gasteiger partial charge < -0.3 is 9.32 Å². The van der Waals surface area contributed by atoms with E-state index in [1.54, 1.807) is 6.07 Å². The normalized spacial score (nSPS) is 15.6. The first kappa shape index (κ1) is 17.8. The fraction of sp³-hybridized carbons (Fsp3) is 0.550. The first-order valence-electron chi connectivity index (χ1n) is 9.82. The zero-order valence-corrected chi connectivity index (χ0v) is 16.0. The largest absolute Gasteiger partial charge is 0.460 e. The monoisotopic (exact) mass is 370 g/mol. The first-order valence-corrected chi connectivity index (χ1v) is 9.82. The maximum absolute atomic E-state index is 12.8. The molecule has 0 aliphatic carbocycles. The van der Waals surface area contributed by atoms with Gasteiger partial charge >= 0.3 is 0 Å². The molecule has 7 heteroatoms. The van der Waals surface area contributed by atoms with E-state index in [0.717, 1.165) is 43.0 Å². The number of hydrogen-bond acceptors (Lipinski definition) is 4. The minimum atomic E-state index is -0.146. The average molecular weight is 370 g/mol. The molecule has 1 fully saturated rings. The molecular weight excluding hydrogens is 344 g/mol. The van der Waals surface area contributed by atoms with E-state index in [0.29, 0.717) is 30.5 Å². The summed E-state index contributed by atoms with van der Waals surface area (Å²) in [4.78, 5) is 27.2. The average Bonchev–Trinajstić information content (AvgIpc) is 3.02. The third kappa shape index (κ3) is 3.38. The number of fused-ring (bicyclic) bond motifs is 3. The molecule has 0 aromatic carbocycles. The topological polar surface area (TPSA) is 72.8 Å². The van der Waals surface area contributed by atoms with E-state index in [1.807, 2.05) is 29.2 Å². The molecule has 144 valence electrons. The molecule has 3 aromatic heterocycles. The fourth-order valence-corrected chi connectivity index (χ4v) is 4.03. The van der Waals surface area contributed by atoms with Crippen LogP contribution < -0.4 is 5.56 Å². The van der Waals surface area contributed by atoms with Crippen LogP contribution in [-0.4, -0.2) is 38.1 Å². The molecule has 1 amide bonds. The van der Waals surface area contributed by atoms with Crippen LogP contribution in [0, 0.1) is 13.8 Å². The number of amides is 1. The van der Waals surface area contributed by atoms with E-state index in [1.165, 1.54) is 17.5 Å². The summed E-state index contributed by atoms with van der Waals surface area (Å²) in [7, 11) is 0. The smallest absolute Gasteiger partial charge is 0.291 e. The van der Waals surface area contributed by atoms with Gasteiger partial charge in [0.1, 0.15) is 17.1 Å². The van der Waals surface area contributed by atoms with Crippen molar-refractivity contribution in [2.75, 3.05) is 13.1 Å². The van der Waals surface area contributed by atoms with Gasteiger partial charge in [0, 0.05) is 38.2 Å². The lowest BCUT2D eigenvalue weighted by Crippen LogP contribution is -2.32. The Bertz CT molecular complexity index is 1040. The Morgan fingerprint density at radius 1 is 1.11 bits per heavy atom. The quantitative estimate of drug-likeness (QED) is 0.708. The number of rotatable bonds is 4. The summed E-state index contributed by atoms with van der Waals surface area (Å²) >= 11 is 0. The molecule has 7 nitrogen and oxygen atoms in total. The van der Waals surface area contributed by atoms with Crippen molar-refractivity contribution in [3.8, 4) is 0 Å². The predicted molar refractivity (Wildman–Crippen MR) is 103 cm³/mol. The Balaban J connectivity index is 1.50. The third-order valence-corrected chi connectivity index (χ3v) is 5.37. The summed E-state index contributed by atoms with van der Waals surface area (Å²) in [5.41, 5.74) is 1.98. The maximum Gasteiger partial charge on any atom is 0.291 e. The van der Waals surface area contributed by atoms with Crippen LogP contribution >= 0.6 is 0 Å². The standard InChI is InChI=1S/C20H26N4O3/c1-14-12-16-18(27-14)13-17-20(26)23(21-15(2)24(16)17)11-7-8-19(25)22-9-5-3-4-6-10-22/h12-13H,3-11H2,1-2H3. The number of aromatic nitrogens is 3. The van der Waals surface area contributed by atoms with Crippen molar-refractivity contribution in [2.45, 2.75) is 58.9 Å². The number of hydrogen-bond donors (Lipinski definition) is 0. The van der Waals surface area contributed by atoms with Crippen LogP contribution in [-0.2, 0) is 11.3 Å². The summed E-state index contributed by atoms with van der Waals surface area (Å²) in [6.45, 7) is 5.95. The molecule has 0 saturated carbocycles. The van der Waals surface area contributed by atoms with Crippen LogP contribution in [0.15, 0.2) is 21.3 Å². The third-order valence-electron chi connectivity index (χ3n) is 5.37. The van der Waals surface area contributed by atoms with Crippen molar-refractivity contribution in [3.05, 3.63) is 34.1 Å². The van der Waals surface area contributed by atoms with Gasteiger partial charge in [-0.2, -0.15) is 5.10 Å². The second kappa shape index (κ2) is 7.21. The maximum atomic E-state index is 12.8. The highest BCUT2D eigenvalue weighted by Crippen LogP contribution is 2.22. The zero-order valence-electron chi connectivity index (χ0n) is 16.0. The van der Waals surface area contributed by atoms with Gasteiger partial charge in [0.15, 0.2) is 5.58 Å². The summed E-state index contributed by atoms with van der Waals surface area (Å²) in [6.07, 6.45) is 5.69. The Morgan fingerprint density at radius 2 is 1.85 bits per heavy atom. The zero-order chi connectivity index (χ0) is 19.0. The van der Waals surface area contributed by atoms with E-state index in [9.17, 15) is 9.59 Å². The molecule has 1 aliphatic heterocycles. The van der Waals surface area contributed by atoms with Gasteiger partial charge in [-0.15, -0.1) is 0 Å². The van der Waals surface area contributed by atoms with Crippen molar-refractivity contribution in [1.29, 1.82) is 0 Å². The minimum Gasteiger partial charge on any atom is -0.460 e. The van der Waals surface area contributed by atoms with Crippen LogP contribution in [0.1, 0.15) is 50.1 Å². The summed E-state index contributed by atoms with van der Waals surface area (Å²) in [5, 5.41) is 4.46. The number of aryl methyl sites for hydroxylation is 3. The van der Waals surface area contributed by atoms with Crippen molar-refractivity contribution in [2.24, 2.45) is 0 Å². The molecule has 0 atom stereocenters. The van der Waals surface area contributed by atoms with E-state index >= 15 is 0 Å². The number of carbonyl (C=O) groups is 1. The van der Waals surface area contributed by atoms with E-state index in [2.05, 4.69) is 5.10 Å². The van der Waals surface area contributed by atoms with Crippen molar-refractivity contribution >= 4 is 22.5 Å². The van der Waals surface area contributed by atoms with Crippen LogP contribution in [0.3, 0.4) is 0 Å². The van der Waals surface area contributed by atoms with Crippen LogP contribution in [0.5, 0.6) is 0 Å². The van der Waals surface area contributed by atoms with Crippen molar-refractivity contribution in [3.63, 3.8) is 0 Å². The number of likely N-dealkylation sites (tertiary alicyclic amines) is 1. The highest BCUT2D eigenvalue weighted by Gasteiger charge is 2.17. The Labute approximate surface area is 157 Å². The van der Waals surface area contributed by atoms with Gasteiger partial charge in [-0.3, -0.25) is 14.0 Å². The molecule has 0 radical (unpaired) electrons. The summed E-state index contributed by atoms with van der Waals surface area (Å²) in [5.74, 6) is 1.74. The summed E-state index contributed by atoms with van der Waals surface area (Å²) in [6, 6.07) is 3.69. The number of nitrogens with zero attached hydrogens (tertiary/aromatic N) is 4. The molecule has 1 aliphatic rings. The Kier molecular flexibility index (Phi) is 4.76. The molecule has 3 aromatic rings. The molecular formula is C20H26N4O3. The van der Waals surface area contributed by atoms with E-state index in [4.69, 9.17) is 4.42 Å². The van der Waals surface area contributed by atoms with Gasteiger partial charge in [-0.25, -0.2) is 4.68 Å². The van der Waals surface area contributed by atoms with Crippen LogP contribution in [0.4, 0.5) is 0 Å². The van der Waals surface area contributed by atoms with Gasteiger partial charge in [-0.1, -0.05) is 12.8 Å². The highest BCUT2D eigenvalue weighted by molar-refractivity contribution is 5.83. The lowest BCUT2D eigenvalue weighted by Gasteiger charge is -2.20. The predicted octanol–water partition coefficient (Wildman–Crippen LogP) is 3.04. The molecule has 27 heavy (non-hydrogen) atoms. The van der Waals surface area contributed by atoms with Crippen LogP contribution in [0.25, 0.3) is 16.6 Å². The van der Waals surface area contributed by atoms with Gasteiger partial charge in [0.25, 0.3) is 5.56 Å². The second-order valence-corrected chi connectivity index (χ2v) is 7.45. The number of carbonyl (C=O) groups excluding carboxylic acids is 1. The SMILES string of the molecule is Cc1cc2c(cc3c(=O)n(CCCC(=O)N4CCCCCC4)nc(C)n32)o1. The molecule has 0 unspecified atom stereocenters. The molecule has 1 saturated heterocycles. The molecule has 0 spiro atoms. The molecule has 4 rings (SSSR count). The van der Waals surface area contributed by atoms with E-state index < -0.39 is 0 Å². The Morgan fingerprint density at radius 3 is 2.59 bits per heavy atom. The molecule has 0 N–H and O–H groups in total. The number of furan rings is 1. The minimum absolute atomic E-state index is 0.146. The lowest BCUT2D eigenvalue weighted by molar-refractivity contribution is -0.131. The lowest BCUT2D eigenvalue weighted by atomic mass is 10.2. The van der Waals surface area contributed by atoms with Crippen LogP contribution in [0.2, 0.25) is 0 Å². The van der Waals surface area contributed by atoms with Gasteiger partial charge in [0.05, 0.1) is 5.52 Å². The van der Waals surface area contributed by atoms with Gasteiger partial charge in [0.2, 0.25) is 5.91 Å². The second-order valence-electron chi connectivity index (χ2n) is 7.45. The van der Waals surface area contributed by atoms with Crippen molar-refractivity contribution < 1.29 is 9.21 Å². The first-order chi connectivity index (χ1) is 13.0. The molecule has 0 bridgehead atoms. The Hall–Kier alpha value is -2.57. The summed E-state index contributed by atoms with van der Waals surface area (Å²) < 4.78 is 8.96. The van der Waals surface area contributed by atoms with Crippen molar-refractivity contribution in [1.82, 2.24) is 19.1 Å². The highest BCUT2D eigenvalue weighted by atomic mass is 16.3. The fourth-order valence-electron chi connectivity index (χ4n) is 4.03. The molecule has 4 heterocycles.